The van der Waals surface area contributed by atoms with Gasteiger partial charge in [0, 0.05) is 0 Å². The Bertz CT molecular complexity index is 489. The van der Waals surface area contributed by atoms with Crippen molar-refractivity contribution in [1.29, 1.82) is 0 Å². The van der Waals surface area contributed by atoms with E-state index in [1.54, 1.807) is 0 Å². The van der Waals surface area contributed by atoms with Gasteiger partial charge in [-0.1, -0.05) is 0 Å². The van der Waals surface area contributed by atoms with Crippen LogP contribution in [0.3, 0.4) is 0 Å². The highest BCUT2D eigenvalue weighted by Gasteiger charge is 2.02. The van der Waals surface area contributed by atoms with Crippen LogP contribution in [0.15, 0.2) is 30.9 Å². The largest absolute Gasteiger partial charge is 0.469 e. The van der Waals surface area contributed by atoms with Crippen LogP contribution in [0.25, 0.3) is 10.9 Å². The number of fused-ring (bicyclic) bond motifs is 1. The first-order valence-electron chi connectivity index (χ1n) is 2.87. The number of aromatic nitrogens is 1. The van der Waals surface area contributed by atoms with Crippen LogP contribution in [0.1, 0.15) is 0 Å². The first-order chi connectivity index (χ1) is 5.27. The third kappa shape index (κ3) is 0.778. The Hall–Kier alpha value is -1.78. The average Bonchev–Trinajstić information content (AvgIpc) is 2.34. The Kier molecular flexibility index (Phi) is 1.00. The molecule has 5 heteroatoms. The maximum absolute atomic E-state index is 10.8. The summed E-state index contributed by atoms with van der Waals surface area (Å²) < 4.78 is 8.89. The third-order valence-electron chi connectivity index (χ3n) is 1.30. The van der Waals surface area contributed by atoms with Crippen LogP contribution in [0, 0.1) is 0 Å². The zero-order valence-electron chi connectivity index (χ0n) is 5.29. The fraction of sp³-hybridized carbons (Fsp3) is 0. The monoisotopic (exact) mass is 153 g/mol. The lowest BCUT2D eigenvalue weighted by atomic mass is 10.4. The topological polar surface area (TPSA) is 76.2 Å². The molecule has 0 spiro atoms. The van der Waals surface area contributed by atoms with Gasteiger partial charge in [-0.3, -0.25) is 4.98 Å². The van der Waals surface area contributed by atoms with Gasteiger partial charge in [-0.25, -0.2) is 9.59 Å². The molecule has 2 aromatic heterocycles. The maximum Gasteiger partial charge on any atom is 0.419 e. The van der Waals surface area contributed by atoms with Gasteiger partial charge in [0.15, 0.2) is 0 Å². The molecule has 0 atom stereocenters. The lowest BCUT2D eigenvalue weighted by Gasteiger charge is -1.81. The standard InChI is InChI=1S/C6H3NO4/c8-5-3-1-10-2-4(3)7-6(9)11-5/h1-2H,(H,7,9). The lowest BCUT2D eigenvalue weighted by Crippen LogP contribution is -2.12. The smallest absolute Gasteiger partial charge is 0.419 e. The molecular weight excluding hydrogens is 150 g/mol. The highest BCUT2D eigenvalue weighted by molar-refractivity contribution is 5.74. The second-order valence-electron chi connectivity index (χ2n) is 2.00. The van der Waals surface area contributed by atoms with Gasteiger partial charge in [0.1, 0.15) is 17.9 Å². The summed E-state index contributed by atoms with van der Waals surface area (Å²) in [6.07, 6.45) is 2.49. The first-order valence-corrected chi connectivity index (χ1v) is 2.87. The summed E-state index contributed by atoms with van der Waals surface area (Å²) in [5.41, 5.74) is -0.330. The van der Waals surface area contributed by atoms with E-state index in [-0.39, 0.29) is 5.39 Å². The maximum atomic E-state index is 10.8. The summed E-state index contributed by atoms with van der Waals surface area (Å²) in [5.74, 6) is -0.774. The molecule has 11 heavy (non-hydrogen) atoms. The van der Waals surface area contributed by atoms with Crippen molar-refractivity contribution in [3.8, 4) is 0 Å². The van der Waals surface area contributed by atoms with Gasteiger partial charge in [0.05, 0.1) is 5.52 Å². The van der Waals surface area contributed by atoms with Crippen molar-refractivity contribution in [2.24, 2.45) is 0 Å². The number of rotatable bonds is 0. The summed E-state index contributed by atoms with van der Waals surface area (Å²) >= 11 is 0. The summed E-state index contributed by atoms with van der Waals surface area (Å²) in [7, 11) is 0. The molecule has 0 bridgehead atoms. The minimum Gasteiger partial charge on any atom is -0.469 e. The van der Waals surface area contributed by atoms with Crippen molar-refractivity contribution < 1.29 is 8.83 Å². The van der Waals surface area contributed by atoms with Crippen LogP contribution in [-0.4, -0.2) is 4.98 Å². The molecule has 2 aromatic rings. The minimum atomic E-state index is -0.774. The molecule has 0 aromatic carbocycles. The summed E-state index contributed by atoms with van der Waals surface area (Å²) in [6, 6.07) is 0. The van der Waals surface area contributed by atoms with Gasteiger partial charge in [-0.15, -0.1) is 0 Å². The van der Waals surface area contributed by atoms with Crippen LogP contribution in [0.5, 0.6) is 0 Å². The van der Waals surface area contributed by atoms with Gasteiger partial charge in [-0.2, -0.15) is 0 Å². The van der Waals surface area contributed by atoms with Gasteiger partial charge in [-0.05, 0) is 0 Å². The number of furan rings is 1. The van der Waals surface area contributed by atoms with E-state index in [4.69, 9.17) is 0 Å². The van der Waals surface area contributed by atoms with Crippen LogP contribution < -0.4 is 11.4 Å². The molecule has 0 aliphatic carbocycles. The first kappa shape index (κ1) is 5.96. The van der Waals surface area contributed by atoms with Crippen molar-refractivity contribution >= 4 is 10.9 Å². The molecule has 0 saturated carbocycles. The molecule has 56 valence electrons. The predicted octanol–water partition coefficient (Wildman–Crippen LogP) is 0.0743. The Balaban J connectivity index is 3.15. The Morgan fingerprint density at radius 2 is 2.09 bits per heavy atom. The Morgan fingerprint density at radius 3 is 2.91 bits per heavy atom. The van der Waals surface area contributed by atoms with Crippen molar-refractivity contribution in [2.45, 2.75) is 0 Å². The Morgan fingerprint density at radius 1 is 1.27 bits per heavy atom. The number of hydrogen-bond donors (Lipinski definition) is 1. The number of H-pyrrole nitrogens is 1. The molecule has 2 heterocycles. The lowest BCUT2D eigenvalue weighted by molar-refractivity contribution is 0.460. The van der Waals surface area contributed by atoms with E-state index in [1.807, 2.05) is 0 Å². The molecule has 0 aliphatic rings. The van der Waals surface area contributed by atoms with Crippen molar-refractivity contribution in [2.75, 3.05) is 0 Å². The molecule has 0 unspecified atom stereocenters. The summed E-state index contributed by atoms with van der Waals surface area (Å²) in [4.78, 5) is 23.6. The second-order valence-corrected chi connectivity index (χ2v) is 2.00. The third-order valence-corrected chi connectivity index (χ3v) is 1.30. The number of nitrogens with one attached hydrogen (secondary N) is 1. The van der Waals surface area contributed by atoms with Gasteiger partial charge in [0.2, 0.25) is 0 Å². The SMILES string of the molecule is O=c1[nH]c2cocc2c(=O)o1. The molecule has 0 aliphatic heterocycles. The van der Waals surface area contributed by atoms with Gasteiger partial charge >= 0.3 is 11.4 Å². The Labute approximate surface area is 59.3 Å². The number of hydrogen-bond acceptors (Lipinski definition) is 4. The van der Waals surface area contributed by atoms with E-state index < -0.39 is 11.4 Å². The van der Waals surface area contributed by atoms with E-state index in [1.165, 1.54) is 12.5 Å². The van der Waals surface area contributed by atoms with Crippen molar-refractivity contribution in [3.05, 3.63) is 33.5 Å². The quantitative estimate of drug-likeness (QED) is 0.581. The van der Waals surface area contributed by atoms with Crippen molar-refractivity contribution in [1.82, 2.24) is 4.98 Å². The van der Waals surface area contributed by atoms with E-state index in [0.717, 1.165) is 0 Å². The van der Waals surface area contributed by atoms with Gasteiger partial charge in [0.25, 0.3) is 0 Å². The molecular formula is C6H3NO4. The van der Waals surface area contributed by atoms with Crippen LogP contribution in [-0.2, 0) is 0 Å². The van der Waals surface area contributed by atoms with E-state index in [0.29, 0.717) is 5.52 Å². The molecule has 0 radical (unpaired) electrons. The molecule has 0 saturated heterocycles. The summed E-state index contributed by atoms with van der Waals surface area (Å²) in [6.45, 7) is 0. The second kappa shape index (κ2) is 1.85. The molecule has 2 rings (SSSR count). The van der Waals surface area contributed by atoms with E-state index in [2.05, 4.69) is 13.8 Å². The zero-order valence-corrected chi connectivity index (χ0v) is 5.29. The summed E-state index contributed by atoms with van der Waals surface area (Å²) in [5, 5.41) is 0.240. The molecule has 0 amide bonds. The van der Waals surface area contributed by atoms with E-state index >= 15 is 0 Å². The van der Waals surface area contributed by atoms with Crippen LogP contribution in [0.4, 0.5) is 0 Å². The zero-order chi connectivity index (χ0) is 7.84. The number of aromatic amines is 1. The fourth-order valence-corrected chi connectivity index (χ4v) is 0.827. The minimum absolute atomic E-state index is 0.240. The molecule has 5 nitrogen and oxygen atoms in total. The van der Waals surface area contributed by atoms with Crippen LogP contribution >= 0.6 is 0 Å². The normalized spacial score (nSPS) is 10.5. The van der Waals surface area contributed by atoms with Gasteiger partial charge < -0.3 is 8.83 Å². The molecule has 1 N–H and O–H groups in total. The predicted molar refractivity (Wildman–Crippen MR) is 35.4 cm³/mol. The van der Waals surface area contributed by atoms with E-state index in [9.17, 15) is 9.59 Å². The highest BCUT2D eigenvalue weighted by atomic mass is 16.4. The molecule has 0 fully saturated rings. The fourth-order valence-electron chi connectivity index (χ4n) is 0.827. The van der Waals surface area contributed by atoms with Crippen LogP contribution in [0.2, 0.25) is 0 Å². The highest BCUT2D eigenvalue weighted by Crippen LogP contribution is 2.03. The van der Waals surface area contributed by atoms with Crippen molar-refractivity contribution in [3.63, 3.8) is 0 Å². The average molecular weight is 153 g/mol.